The van der Waals surface area contributed by atoms with Gasteiger partial charge >= 0.3 is 0 Å². The molecule has 0 spiro atoms. The lowest BCUT2D eigenvalue weighted by Crippen LogP contribution is -2.20. The molecule has 1 N–H and O–H groups in total. The number of hydrogen-bond acceptors (Lipinski definition) is 3. The number of nitrogens with one attached hydrogen (secondary N) is 1. The monoisotopic (exact) mass is 317 g/mol. The van der Waals surface area contributed by atoms with E-state index in [1.807, 2.05) is 40.4 Å². The standard InChI is InChI=1S/C15H12ClN3OS/c16-13-4-2-1-3-11(13)5-6-14(20)17-9-12-10-19-7-8-21-15(19)18-12/h1-8,10H,9H2,(H,17,20)/b6-5+. The van der Waals surface area contributed by atoms with Gasteiger partial charge < -0.3 is 5.32 Å². The van der Waals surface area contributed by atoms with Gasteiger partial charge in [-0.05, 0) is 17.7 Å². The molecule has 0 radical (unpaired) electrons. The number of amides is 1. The van der Waals surface area contributed by atoms with Crippen LogP contribution in [-0.2, 0) is 11.3 Å². The fourth-order valence-electron chi connectivity index (χ4n) is 1.87. The van der Waals surface area contributed by atoms with Crippen LogP contribution in [0, 0.1) is 0 Å². The van der Waals surface area contributed by atoms with Crippen LogP contribution in [0.1, 0.15) is 11.3 Å². The topological polar surface area (TPSA) is 46.4 Å². The van der Waals surface area contributed by atoms with E-state index >= 15 is 0 Å². The number of thiazole rings is 1. The third-order valence-corrected chi connectivity index (χ3v) is 4.02. The van der Waals surface area contributed by atoms with Crippen molar-refractivity contribution in [2.75, 3.05) is 0 Å². The molecule has 4 nitrogen and oxygen atoms in total. The number of carbonyl (C=O) groups is 1. The van der Waals surface area contributed by atoms with Gasteiger partial charge in [-0.1, -0.05) is 29.8 Å². The van der Waals surface area contributed by atoms with Crippen LogP contribution < -0.4 is 5.32 Å². The van der Waals surface area contributed by atoms with Crippen LogP contribution in [0.25, 0.3) is 11.0 Å². The summed E-state index contributed by atoms with van der Waals surface area (Å²) < 4.78 is 1.94. The molecule has 0 saturated heterocycles. The van der Waals surface area contributed by atoms with E-state index in [4.69, 9.17) is 11.6 Å². The van der Waals surface area contributed by atoms with Gasteiger partial charge in [-0.25, -0.2) is 4.98 Å². The molecule has 0 atom stereocenters. The van der Waals surface area contributed by atoms with Gasteiger partial charge in [-0.2, -0.15) is 0 Å². The predicted molar refractivity (Wildman–Crippen MR) is 85.4 cm³/mol. The molecule has 21 heavy (non-hydrogen) atoms. The van der Waals surface area contributed by atoms with Crippen molar-refractivity contribution in [1.29, 1.82) is 0 Å². The minimum Gasteiger partial charge on any atom is -0.347 e. The van der Waals surface area contributed by atoms with Crippen molar-refractivity contribution in [3.63, 3.8) is 0 Å². The van der Waals surface area contributed by atoms with Gasteiger partial charge in [0.1, 0.15) is 0 Å². The second kappa shape index (κ2) is 6.11. The molecule has 0 saturated carbocycles. The van der Waals surface area contributed by atoms with Crippen molar-refractivity contribution in [3.8, 4) is 0 Å². The quantitative estimate of drug-likeness (QED) is 0.750. The molecule has 0 bridgehead atoms. The number of fused-ring (bicyclic) bond motifs is 1. The van der Waals surface area contributed by atoms with E-state index in [9.17, 15) is 4.79 Å². The first-order chi connectivity index (χ1) is 10.2. The average molecular weight is 318 g/mol. The summed E-state index contributed by atoms with van der Waals surface area (Å²) in [6.45, 7) is 0.403. The first kappa shape index (κ1) is 13.9. The van der Waals surface area contributed by atoms with Crippen molar-refractivity contribution >= 4 is 39.9 Å². The maximum Gasteiger partial charge on any atom is 0.244 e. The molecule has 0 unspecified atom stereocenters. The molecular formula is C15H12ClN3OS. The molecule has 0 fully saturated rings. The number of rotatable bonds is 4. The number of imidazole rings is 1. The van der Waals surface area contributed by atoms with E-state index in [-0.39, 0.29) is 5.91 Å². The predicted octanol–water partition coefficient (Wildman–Crippen LogP) is 3.38. The lowest BCUT2D eigenvalue weighted by Gasteiger charge is -1.99. The molecule has 0 aliphatic heterocycles. The molecular weight excluding hydrogens is 306 g/mol. The summed E-state index contributed by atoms with van der Waals surface area (Å²) in [7, 11) is 0. The van der Waals surface area contributed by atoms with Crippen molar-refractivity contribution in [1.82, 2.24) is 14.7 Å². The molecule has 0 aliphatic rings. The third-order valence-electron chi connectivity index (χ3n) is 2.91. The minimum absolute atomic E-state index is 0.175. The first-order valence-electron chi connectivity index (χ1n) is 6.34. The van der Waals surface area contributed by atoms with E-state index in [0.717, 1.165) is 16.2 Å². The van der Waals surface area contributed by atoms with Gasteiger partial charge in [-0.3, -0.25) is 9.20 Å². The Labute approximate surface area is 130 Å². The normalized spacial score (nSPS) is 11.3. The Morgan fingerprint density at radius 2 is 2.29 bits per heavy atom. The summed E-state index contributed by atoms with van der Waals surface area (Å²) in [5, 5.41) is 5.39. The van der Waals surface area contributed by atoms with E-state index in [2.05, 4.69) is 10.3 Å². The molecule has 106 valence electrons. The fraction of sp³-hybridized carbons (Fsp3) is 0.0667. The number of aromatic nitrogens is 2. The molecule has 2 heterocycles. The summed E-state index contributed by atoms with van der Waals surface area (Å²) in [6.07, 6.45) is 7.02. The number of benzene rings is 1. The molecule has 1 aromatic carbocycles. The van der Waals surface area contributed by atoms with Crippen LogP contribution in [0.3, 0.4) is 0 Å². The number of hydrogen-bond donors (Lipinski definition) is 1. The van der Waals surface area contributed by atoms with E-state index in [1.54, 1.807) is 23.5 Å². The Morgan fingerprint density at radius 1 is 1.43 bits per heavy atom. The van der Waals surface area contributed by atoms with Crippen molar-refractivity contribution in [3.05, 3.63) is 64.4 Å². The highest BCUT2D eigenvalue weighted by Gasteiger charge is 2.03. The Hall–Kier alpha value is -2.11. The number of nitrogens with zero attached hydrogens (tertiary/aromatic N) is 2. The Morgan fingerprint density at radius 3 is 3.10 bits per heavy atom. The molecule has 0 aliphatic carbocycles. The van der Waals surface area contributed by atoms with E-state index < -0.39 is 0 Å². The van der Waals surface area contributed by atoms with Crippen molar-refractivity contribution < 1.29 is 4.79 Å². The molecule has 3 aromatic rings. The van der Waals surface area contributed by atoms with Crippen LogP contribution in [0.5, 0.6) is 0 Å². The summed E-state index contributed by atoms with van der Waals surface area (Å²) in [5.74, 6) is -0.175. The van der Waals surface area contributed by atoms with E-state index in [1.165, 1.54) is 6.08 Å². The van der Waals surface area contributed by atoms with Crippen molar-refractivity contribution in [2.45, 2.75) is 6.54 Å². The molecule has 3 rings (SSSR count). The highest BCUT2D eigenvalue weighted by Crippen LogP contribution is 2.16. The average Bonchev–Trinajstić information content (AvgIpc) is 3.05. The smallest absolute Gasteiger partial charge is 0.244 e. The van der Waals surface area contributed by atoms with Gasteiger partial charge in [0.2, 0.25) is 5.91 Å². The number of carbonyl (C=O) groups excluding carboxylic acids is 1. The molecule has 6 heteroatoms. The zero-order chi connectivity index (χ0) is 14.7. The lowest BCUT2D eigenvalue weighted by molar-refractivity contribution is -0.116. The SMILES string of the molecule is O=C(/C=C/c1ccccc1Cl)NCc1cn2ccsc2n1. The van der Waals surface area contributed by atoms with Crippen molar-refractivity contribution in [2.24, 2.45) is 0 Å². The Bertz CT molecular complexity index is 777. The fourth-order valence-corrected chi connectivity index (χ4v) is 2.79. The maximum atomic E-state index is 11.8. The van der Waals surface area contributed by atoms with Crippen LogP contribution in [-0.4, -0.2) is 15.3 Å². The highest BCUT2D eigenvalue weighted by molar-refractivity contribution is 7.15. The van der Waals surface area contributed by atoms with Gasteiger partial charge in [-0.15, -0.1) is 11.3 Å². The van der Waals surface area contributed by atoms with E-state index in [0.29, 0.717) is 11.6 Å². The first-order valence-corrected chi connectivity index (χ1v) is 7.59. The second-order valence-electron chi connectivity index (χ2n) is 4.40. The third kappa shape index (κ3) is 3.32. The summed E-state index contributed by atoms with van der Waals surface area (Å²) in [4.78, 5) is 17.1. The largest absolute Gasteiger partial charge is 0.347 e. The number of halogens is 1. The van der Waals surface area contributed by atoms with Crippen LogP contribution in [0.15, 0.2) is 48.1 Å². The Kier molecular flexibility index (Phi) is 4.03. The zero-order valence-electron chi connectivity index (χ0n) is 11.0. The summed E-state index contributed by atoms with van der Waals surface area (Å²) in [5.41, 5.74) is 1.65. The second-order valence-corrected chi connectivity index (χ2v) is 5.68. The van der Waals surface area contributed by atoms with Crippen LogP contribution in [0.2, 0.25) is 5.02 Å². The highest BCUT2D eigenvalue weighted by atomic mass is 35.5. The van der Waals surface area contributed by atoms with Gasteiger partial charge in [0.05, 0.1) is 12.2 Å². The summed E-state index contributed by atoms with van der Waals surface area (Å²) in [6, 6.07) is 7.37. The van der Waals surface area contributed by atoms with Crippen LogP contribution in [0.4, 0.5) is 0 Å². The van der Waals surface area contributed by atoms with Gasteiger partial charge in [0, 0.05) is 28.9 Å². The molecule has 2 aromatic heterocycles. The Balaban J connectivity index is 1.59. The lowest BCUT2D eigenvalue weighted by atomic mass is 10.2. The summed E-state index contributed by atoms with van der Waals surface area (Å²) >= 11 is 7.58. The minimum atomic E-state index is -0.175. The molecule has 1 amide bonds. The zero-order valence-corrected chi connectivity index (χ0v) is 12.6. The van der Waals surface area contributed by atoms with Gasteiger partial charge in [0.15, 0.2) is 4.96 Å². The van der Waals surface area contributed by atoms with Crippen LogP contribution >= 0.6 is 22.9 Å². The van der Waals surface area contributed by atoms with Gasteiger partial charge in [0.25, 0.3) is 0 Å². The maximum absolute atomic E-state index is 11.8.